The zero-order chi connectivity index (χ0) is 20.7. The normalized spacial score (nSPS) is 31.7. The first-order valence-corrected chi connectivity index (χ1v) is 12.2. The molecule has 0 radical (unpaired) electrons. The van der Waals surface area contributed by atoms with E-state index in [9.17, 15) is 0 Å². The third-order valence-corrected chi connectivity index (χ3v) is 8.75. The van der Waals surface area contributed by atoms with Crippen LogP contribution in [0.2, 0.25) is 0 Å². The lowest BCUT2D eigenvalue weighted by Gasteiger charge is -2.49. The van der Waals surface area contributed by atoms with Gasteiger partial charge in [0.15, 0.2) is 0 Å². The van der Waals surface area contributed by atoms with Crippen LogP contribution in [0.1, 0.15) is 36.8 Å². The van der Waals surface area contributed by atoms with Crippen molar-refractivity contribution in [1.29, 1.82) is 0 Å². The van der Waals surface area contributed by atoms with E-state index in [0.717, 1.165) is 0 Å². The predicted octanol–water partition coefficient (Wildman–Crippen LogP) is 7.51. The number of hydrogen-bond acceptors (Lipinski definition) is 0. The van der Waals surface area contributed by atoms with Crippen LogP contribution in [-0.2, 0) is 5.41 Å². The van der Waals surface area contributed by atoms with Gasteiger partial charge in [-0.2, -0.15) is 0 Å². The molecule has 0 amide bonds. The predicted molar refractivity (Wildman–Crippen MR) is 130 cm³/mol. The summed E-state index contributed by atoms with van der Waals surface area (Å²) in [6.07, 6.45) is 24.7. The van der Waals surface area contributed by atoms with E-state index in [1.165, 1.54) is 36.8 Å². The second kappa shape index (κ2) is 7.83. The van der Waals surface area contributed by atoms with E-state index < -0.39 is 0 Å². The zero-order valence-corrected chi connectivity index (χ0v) is 18.2. The maximum Gasteiger partial charge on any atom is 0.0270 e. The molecule has 0 aromatic heterocycles. The van der Waals surface area contributed by atoms with Crippen LogP contribution in [0.15, 0.2) is 109 Å². The lowest BCUT2D eigenvalue weighted by atomic mass is 9.53. The van der Waals surface area contributed by atoms with E-state index in [-0.39, 0.29) is 5.41 Å². The van der Waals surface area contributed by atoms with Gasteiger partial charge in [0.05, 0.1) is 0 Å². The maximum atomic E-state index is 2.55. The van der Waals surface area contributed by atoms with E-state index >= 15 is 0 Å². The van der Waals surface area contributed by atoms with Crippen molar-refractivity contribution in [2.24, 2.45) is 35.5 Å². The van der Waals surface area contributed by atoms with Crippen LogP contribution in [0, 0.1) is 35.5 Å². The first-order chi connectivity index (χ1) is 15.4. The summed E-state index contributed by atoms with van der Waals surface area (Å²) in [4.78, 5) is 0. The summed E-state index contributed by atoms with van der Waals surface area (Å²) in [7, 11) is 0. The van der Waals surface area contributed by atoms with Crippen molar-refractivity contribution < 1.29 is 0 Å². The van der Waals surface area contributed by atoms with Crippen LogP contribution in [0.4, 0.5) is 0 Å². The second-order valence-corrected chi connectivity index (χ2v) is 9.96. The second-order valence-electron chi connectivity index (χ2n) is 9.96. The smallest absolute Gasteiger partial charge is 0.0270 e. The molecule has 2 aromatic carbocycles. The summed E-state index contributed by atoms with van der Waals surface area (Å²) in [6, 6.07) is 23.1. The molecule has 0 spiro atoms. The van der Waals surface area contributed by atoms with Crippen molar-refractivity contribution in [3.63, 3.8) is 0 Å². The van der Waals surface area contributed by atoms with Gasteiger partial charge in [0, 0.05) is 5.41 Å². The monoisotopic (exact) mass is 404 g/mol. The Hall–Kier alpha value is -2.60. The average Bonchev–Trinajstić information content (AvgIpc) is 3.49. The number of allylic oxidation sites excluding steroid dienone is 8. The summed E-state index contributed by atoms with van der Waals surface area (Å²) in [5.74, 6) is 3.63. The zero-order valence-electron chi connectivity index (χ0n) is 18.2. The Morgan fingerprint density at radius 2 is 0.935 bits per heavy atom. The number of fused-ring (bicyclic) bond motifs is 3. The summed E-state index contributed by atoms with van der Waals surface area (Å²) >= 11 is 0. The number of rotatable bonds is 4. The van der Waals surface area contributed by atoms with Gasteiger partial charge in [0.1, 0.15) is 0 Å². The van der Waals surface area contributed by atoms with Crippen LogP contribution in [0.3, 0.4) is 0 Å². The van der Waals surface area contributed by atoms with Crippen molar-refractivity contribution in [2.75, 3.05) is 0 Å². The van der Waals surface area contributed by atoms with Crippen molar-refractivity contribution in [2.45, 2.75) is 31.1 Å². The van der Waals surface area contributed by atoms with Crippen LogP contribution in [-0.4, -0.2) is 0 Å². The lowest BCUT2D eigenvalue weighted by Crippen LogP contribution is -2.47. The Labute approximate surface area is 187 Å². The van der Waals surface area contributed by atoms with E-state index in [4.69, 9.17) is 0 Å². The summed E-state index contributed by atoms with van der Waals surface area (Å²) < 4.78 is 0. The number of hydrogen-bond donors (Lipinski definition) is 0. The first kappa shape index (κ1) is 19.1. The van der Waals surface area contributed by atoms with Gasteiger partial charge in [0.2, 0.25) is 0 Å². The molecule has 0 heterocycles. The van der Waals surface area contributed by atoms with Crippen LogP contribution < -0.4 is 0 Å². The fourth-order valence-corrected chi connectivity index (χ4v) is 7.74. The number of benzene rings is 2. The first-order valence-electron chi connectivity index (χ1n) is 12.2. The fraction of sp³-hybridized carbons (Fsp3) is 0.355. The highest BCUT2D eigenvalue weighted by Crippen LogP contribution is 2.63. The highest BCUT2D eigenvalue weighted by atomic mass is 14.6. The van der Waals surface area contributed by atoms with Crippen molar-refractivity contribution in [3.05, 3.63) is 120 Å². The molecule has 0 saturated heterocycles. The van der Waals surface area contributed by atoms with Crippen LogP contribution in [0.25, 0.3) is 0 Å². The molecule has 0 nitrogen and oxygen atoms in total. The molecule has 2 aromatic rings. The molecule has 0 heteroatoms. The third-order valence-electron chi connectivity index (χ3n) is 8.75. The summed E-state index contributed by atoms with van der Waals surface area (Å²) in [6.45, 7) is 0. The molecule has 2 saturated carbocycles. The molecule has 0 aliphatic heterocycles. The molecular formula is C31H32. The van der Waals surface area contributed by atoms with Crippen molar-refractivity contribution >= 4 is 0 Å². The van der Waals surface area contributed by atoms with Crippen LogP contribution in [0.5, 0.6) is 0 Å². The molecule has 5 atom stereocenters. The minimum absolute atomic E-state index is 0.0480. The highest BCUT2D eigenvalue weighted by Gasteiger charge is 2.59. The Morgan fingerprint density at radius 1 is 0.516 bits per heavy atom. The Morgan fingerprint density at radius 3 is 1.39 bits per heavy atom. The van der Waals surface area contributed by atoms with Gasteiger partial charge in [-0.3, -0.25) is 0 Å². The molecule has 2 fully saturated rings. The molecular weight excluding hydrogens is 372 g/mol. The molecule has 3 unspecified atom stereocenters. The maximum absolute atomic E-state index is 2.55. The van der Waals surface area contributed by atoms with Gasteiger partial charge in [-0.05, 0) is 59.5 Å². The lowest BCUT2D eigenvalue weighted by molar-refractivity contribution is 0.159. The van der Waals surface area contributed by atoms with Gasteiger partial charge in [-0.25, -0.2) is 0 Å². The van der Waals surface area contributed by atoms with Gasteiger partial charge in [-0.1, -0.05) is 122 Å². The summed E-state index contributed by atoms with van der Waals surface area (Å²) in [5.41, 5.74) is 3.11. The largest absolute Gasteiger partial charge is 0.0805 e. The SMILES string of the molecule is C1=CC2C(C(c3ccccc3)(c3ccccc3)C3CCCC3)C3C=CC=C[C@@H]3[C@@H]2C=C1. The quantitative estimate of drug-likeness (QED) is 0.494. The molecule has 4 aliphatic carbocycles. The Bertz CT molecular complexity index is 943. The standard InChI is InChI=1S/C31H32/c1-3-13-23(14-4-1)31(25-17-7-8-18-25,24-15-5-2-6-16-24)30-28-21-11-9-19-26(28)27-20-10-12-22-29(27)30/h1-6,9-16,19-22,25-30H,7-8,17-18H2/t26-,27+,28?,29?,30?. The minimum Gasteiger partial charge on any atom is -0.0805 e. The molecule has 156 valence electrons. The average molecular weight is 405 g/mol. The third kappa shape index (κ3) is 2.88. The Balaban J connectivity index is 1.64. The molecule has 31 heavy (non-hydrogen) atoms. The van der Waals surface area contributed by atoms with E-state index in [1.807, 2.05) is 0 Å². The minimum atomic E-state index is 0.0480. The van der Waals surface area contributed by atoms with Crippen LogP contribution >= 0.6 is 0 Å². The molecule has 0 N–H and O–H groups in total. The van der Waals surface area contributed by atoms with E-state index in [0.29, 0.717) is 35.5 Å². The van der Waals surface area contributed by atoms with Gasteiger partial charge >= 0.3 is 0 Å². The molecule has 0 bridgehead atoms. The summed E-state index contributed by atoms with van der Waals surface area (Å²) in [5, 5.41) is 0. The van der Waals surface area contributed by atoms with E-state index in [2.05, 4.69) is 109 Å². The molecule has 4 aliphatic rings. The fourth-order valence-electron chi connectivity index (χ4n) is 7.74. The molecule has 6 rings (SSSR count). The Kier molecular flexibility index (Phi) is 4.82. The van der Waals surface area contributed by atoms with Gasteiger partial charge in [-0.15, -0.1) is 0 Å². The van der Waals surface area contributed by atoms with Crippen molar-refractivity contribution in [1.82, 2.24) is 0 Å². The van der Waals surface area contributed by atoms with Gasteiger partial charge < -0.3 is 0 Å². The van der Waals surface area contributed by atoms with Gasteiger partial charge in [0.25, 0.3) is 0 Å². The highest BCUT2D eigenvalue weighted by molar-refractivity contribution is 5.46. The van der Waals surface area contributed by atoms with Crippen molar-refractivity contribution in [3.8, 4) is 0 Å². The topological polar surface area (TPSA) is 0 Å². The van der Waals surface area contributed by atoms with E-state index in [1.54, 1.807) is 0 Å².